The van der Waals surface area contributed by atoms with Crippen LogP contribution in [0.5, 0.6) is 0 Å². The molecule has 6 heteroatoms. The van der Waals surface area contributed by atoms with E-state index >= 15 is 0 Å². The van der Waals surface area contributed by atoms with Gasteiger partial charge in [-0.1, -0.05) is 30.3 Å². The monoisotopic (exact) mass is 340 g/mol. The average Bonchev–Trinajstić information content (AvgIpc) is 2.56. The average molecular weight is 341 g/mol. The van der Waals surface area contributed by atoms with E-state index in [1.807, 2.05) is 19.9 Å². The predicted molar refractivity (Wildman–Crippen MR) is 96.4 cm³/mol. The van der Waals surface area contributed by atoms with Gasteiger partial charge in [-0.3, -0.25) is 0 Å². The molecule has 0 aliphatic rings. The molecule has 0 aliphatic heterocycles. The van der Waals surface area contributed by atoms with Gasteiger partial charge in [0, 0.05) is 46.0 Å². The van der Waals surface area contributed by atoms with Crippen LogP contribution < -0.4 is 10.6 Å². The summed E-state index contributed by atoms with van der Waals surface area (Å²) >= 11 is 0. The van der Waals surface area contributed by atoms with E-state index < -0.39 is 8.80 Å². The molecule has 0 amide bonds. The molecule has 0 saturated heterocycles. The van der Waals surface area contributed by atoms with Gasteiger partial charge in [-0.2, -0.15) is 0 Å². The highest BCUT2D eigenvalue weighted by Gasteiger charge is 2.39. The zero-order valence-corrected chi connectivity index (χ0v) is 15.9. The molecule has 0 unspecified atom stereocenters. The molecule has 0 radical (unpaired) electrons. The molecule has 0 bridgehead atoms. The van der Waals surface area contributed by atoms with Gasteiger partial charge in [-0.25, -0.2) is 0 Å². The second-order valence-electron chi connectivity index (χ2n) is 5.77. The number of hydrogen-bond donors (Lipinski definition) is 2. The molecule has 23 heavy (non-hydrogen) atoms. The van der Waals surface area contributed by atoms with Crippen LogP contribution in [0.2, 0.25) is 6.04 Å². The summed E-state index contributed by atoms with van der Waals surface area (Å²) in [6, 6.07) is 11.3. The minimum absolute atomic E-state index is 0.122. The first kappa shape index (κ1) is 20.3. The summed E-state index contributed by atoms with van der Waals surface area (Å²) in [5.41, 5.74) is 1.31. The standard InChI is InChI=1S/C17H32N2O3Si/c1-16(2)22-23(20-3,21-4)14-8-11-18-12-13-19-15-17-9-6-5-7-10-17/h5-7,9-10,16,18-19H,8,11-15H2,1-4H3. The Balaban J connectivity index is 2.07. The maximum absolute atomic E-state index is 5.88. The second-order valence-corrected chi connectivity index (χ2v) is 8.69. The van der Waals surface area contributed by atoms with Crippen molar-refractivity contribution in [3.63, 3.8) is 0 Å². The van der Waals surface area contributed by atoms with Gasteiger partial charge in [0.25, 0.3) is 0 Å². The van der Waals surface area contributed by atoms with Gasteiger partial charge in [0.1, 0.15) is 0 Å². The first-order valence-corrected chi connectivity index (χ1v) is 10.3. The highest BCUT2D eigenvalue weighted by molar-refractivity contribution is 6.60. The lowest BCUT2D eigenvalue weighted by Gasteiger charge is -2.28. The van der Waals surface area contributed by atoms with Crippen molar-refractivity contribution in [2.24, 2.45) is 0 Å². The topological polar surface area (TPSA) is 51.8 Å². The highest BCUT2D eigenvalue weighted by atomic mass is 28.4. The summed E-state index contributed by atoms with van der Waals surface area (Å²) in [6.45, 7) is 7.78. The van der Waals surface area contributed by atoms with Crippen molar-refractivity contribution in [1.29, 1.82) is 0 Å². The van der Waals surface area contributed by atoms with Crippen LogP contribution in [0.1, 0.15) is 25.8 Å². The van der Waals surface area contributed by atoms with Crippen molar-refractivity contribution >= 4 is 8.80 Å². The summed E-state index contributed by atoms with van der Waals surface area (Å²) in [5.74, 6) is 0. The van der Waals surface area contributed by atoms with E-state index in [0.29, 0.717) is 0 Å². The Morgan fingerprint density at radius 3 is 2.22 bits per heavy atom. The Morgan fingerprint density at radius 1 is 0.957 bits per heavy atom. The third kappa shape index (κ3) is 8.60. The van der Waals surface area contributed by atoms with Crippen molar-refractivity contribution in [3.05, 3.63) is 35.9 Å². The smallest absolute Gasteiger partial charge is 0.377 e. The van der Waals surface area contributed by atoms with Crippen molar-refractivity contribution in [2.45, 2.75) is 39.0 Å². The molecular formula is C17H32N2O3Si. The molecule has 0 atom stereocenters. The fourth-order valence-corrected chi connectivity index (χ4v) is 4.58. The molecule has 0 aromatic heterocycles. The predicted octanol–water partition coefficient (Wildman–Crippen LogP) is 2.41. The van der Waals surface area contributed by atoms with Crippen LogP contribution in [0.4, 0.5) is 0 Å². The Morgan fingerprint density at radius 2 is 1.61 bits per heavy atom. The highest BCUT2D eigenvalue weighted by Crippen LogP contribution is 2.17. The SMILES string of the molecule is CO[Si](CCCNCCNCc1ccccc1)(OC)OC(C)C. The van der Waals surface area contributed by atoms with Crippen LogP contribution in [0.3, 0.4) is 0 Å². The molecule has 0 fully saturated rings. The normalized spacial score (nSPS) is 12.0. The number of benzene rings is 1. The van der Waals surface area contributed by atoms with E-state index in [2.05, 4.69) is 34.9 Å². The lowest BCUT2D eigenvalue weighted by molar-refractivity contribution is 0.0695. The quantitative estimate of drug-likeness (QED) is 0.427. The molecule has 0 saturated carbocycles. The maximum Gasteiger partial charge on any atom is 0.500 e. The van der Waals surface area contributed by atoms with Crippen molar-refractivity contribution in [3.8, 4) is 0 Å². The van der Waals surface area contributed by atoms with Crippen LogP contribution in [0.25, 0.3) is 0 Å². The fourth-order valence-electron chi connectivity index (χ4n) is 2.36. The van der Waals surface area contributed by atoms with Crippen LogP contribution in [0, 0.1) is 0 Å². The summed E-state index contributed by atoms with van der Waals surface area (Å²) in [7, 11) is 0.878. The first-order chi connectivity index (χ1) is 11.1. The number of hydrogen-bond acceptors (Lipinski definition) is 5. The Labute approximate surface area is 142 Å². The lowest BCUT2D eigenvalue weighted by atomic mass is 10.2. The molecular weight excluding hydrogens is 308 g/mol. The molecule has 1 aromatic rings. The minimum Gasteiger partial charge on any atom is -0.377 e. The Kier molecular flexibility index (Phi) is 10.3. The molecule has 0 aliphatic carbocycles. The summed E-state index contributed by atoms with van der Waals surface area (Å²) in [4.78, 5) is 0. The van der Waals surface area contributed by atoms with E-state index in [1.165, 1.54) is 5.56 Å². The van der Waals surface area contributed by atoms with Gasteiger partial charge in [-0.15, -0.1) is 0 Å². The summed E-state index contributed by atoms with van der Waals surface area (Å²) < 4.78 is 17.0. The van der Waals surface area contributed by atoms with Gasteiger partial charge in [0.2, 0.25) is 0 Å². The molecule has 2 N–H and O–H groups in total. The van der Waals surface area contributed by atoms with Crippen molar-refractivity contribution in [1.82, 2.24) is 10.6 Å². The van der Waals surface area contributed by atoms with E-state index in [0.717, 1.165) is 38.6 Å². The van der Waals surface area contributed by atoms with Crippen molar-refractivity contribution < 1.29 is 13.3 Å². The minimum atomic E-state index is -2.48. The summed E-state index contributed by atoms with van der Waals surface area (Å²) in [6.07, 6.45) is 1.11. The Hall–Kier alpha value is -0.763. The van der Waals surface area contributed by atoms with Crippen LogP contribution in [-0.2, 0) is 19.8 Å². The molecule has 5 nitrogen and oxygen atoms in total. The third-order valence-corrected chi connectivity index (χ3v) is 6.56. The zero-order valence-electron chi connectivity index (χ0n) is 14.9. The molecule has 0 spiro atoms. The first-order valence-electron chi connectivity index (χ1n) is 8.35. The van der Waals surface area contributed by atoms with Crippen LogP contribution in [0.15, 0.2) is 30.3 Å². The van der Waals surface area contributed by atoms with Gasteiger partial charge in [-0.05, 0) is 32.4 Å². The zero-order chi connectivity index (χ0) is 17.0. The Bertz CT molecular complexity index is 400. The lowest BCUT2D eigenvalue weighted by Crippen LogP contribution is -2.46. The molecule has 0 heterocycles. The largest absolute Gasteiger partial charge is 0.500 e. The fraction of sp³-hybridized carbons (Fsp3) is 0.647. The van der Waals surface area contributed by atoms with Gasteiger partial charge < -0.3 is 23.9 Å². The van der Waals surface area contributed by atoms with Crippen LogP contribution in [-0.4, -0.2) is 48.8 Å². The van der Waals surface area contributed by atoms with Crippen LogP contribution >= 0.6 is 0 Å². The van der Waals surface area contributed by atoms with E-state index in [1.54, 1.807) is 14.2 Å². The second kappa shape index (κ2) is 11.7. The van der Waals surface area contributed by atoms with E-state index in [9.17, 15) is 0 Å². The number of rotatable bonds is 13. The van der Waals surface area contributed by atoms with E-state index in [4.69, 9.17) is 13.3 Å². The summed E-state index contributed by atoms with van der Waals surface area (Å²) in [5, 5.41) is 6.87. The molecule has 132 valence electrons. The maximum atomic E-state index is 5.88. The molecule has 1 aromatic carbocycles. The third-order valence-electron chi connectivity index (χ3n) is 3.52. The van der Waals surface area contributed by atoms with Gasteiger partial charge >= 0.3 is 8.80 Å². The number of nitrogens with one attached hydrogen (secondary N) is 2. The van der Waals surface area contributed by atoms with Gasteiger partial charge in [0.05, 0.1) is 0 Å². The van der Waals surface area contributed by atoms with Crippen molar-refractivity contribution in [2.75, 3.05) is 33.9 Å². The molecule has 1 rings (SSSR count). The van der Waals surface area contributed by atoms with Gasteiger partial charge in [0.15, 0.2) is 0 Å². The van der Waals surface area contributed by atoms with E-state index in [-0.39, 0.29) is 6.10 Å².